The summed E-state index contributed by atoms with van der Waals surface area (Å²) in [5.74, 6) is 2.23. The van der Waals surface area contributed by atoms with E-state index in [-0.39, 0.29) is 6.79 Å². The number of fused-ring (bicyclic) bond motifs is 1. The summed E-state index contributed by atoms with van der Waals surface area (Å²) in [4.78, 5) is 0. The molecule has 1 aliphatic rings. The Morgan fingerprint density at radius 3 is 2.80 bits per heavy atom. The molecule has 0 fully saturated rings. The lowest BCUT2D eigenvalue weighted by atomic mass is 10.2. The van der Waals surface area contributed by atoms with E-state index >= 15 is 0 Å². The van der Waals surface area contributed by atoms with E-state index in [2.05, 4.69) is 5.32 Å². The monoisotopic (exact) mass is 291 g/mol. The summed E-state index contributed by atoms with van der Waals surface area (Å²) < 4.78 is 15.8. The molecule has 20 heavy (non-hydrogen) atoms. The molecule has 0 spiro atoms. The van der Waals surface area contributed by atoms with Gasteiger partial charge in [0.15, 0.2) is 11.5 Å². The van der Waals surface area contributed by atoms with Crippen LogP contribution < -0.4 is 19.5 Å². The minimum Gasteiger partial charge on any atom is -0.497 e. The van der Waals surface area contributed by atoms with Gasteiger partial charge in [0.25, 0.3) is 0 Å². The van der Waals surface area contributed by atoms with Crippen LogP contribution in [0.25, 0.3) is 0 Å². The van der Waals surface area contributed by atoms with Gasteiger partial charge in [0.1, 0.15) is 5.75 Å². The zero-order chi connectivity index (χ0) is 13.9. The van der Waals surface area contributed by atoms with Crippen molar-refractivity contribution in [2.24, 2.45) is 0 Å². The highest BCUT2D eigenvalue weighted by atomic mass is 35.5. The van der Waals surface area contributed by atoms with Gasteiger partial charge in [0.05, 0.1) is 17.8 Å². The second kappa shape index (κ2) is 5.51. The van der Waals surface area contributed by atoms with Gasteiger partial charge < -0.3 is 19.5 Å². The van der Waals surface area contributed by atoms with Crippen molar-refractivity contribution in [2.45, 2.75) is 6.54 Å². The maximum absolute atomic E-state index is 6.21. The summed E-state index contributed by atoms with van der Waals surface area (Å²) in [5.41, 5.74) is 1.93. The Labute approximate surface area is 122 Å². The van der Waals surface area contributed by atoms with E-state index in [0.717, 1.165) is 17.0 Å². The number of hydrogen-bond acceptors (Lipinski definition) is 4. The molecule has 1 aliphatic heterocycles. The van der Waals surface area contributed by atoms with E-state index in [9.17, 15) is 0 Å². The fourth-order valence-electron chi connectivity index (χ4n) is 2.03. The van der Waals surface area contributed by atoms with Crippen molar-refractivity contribution in [2.75, 3.05) is 19.2 Å². The van der Waals surface area contributed by atoms with Crippen LogP contribution >= 0.6 is 11.6 Å². The molecule has 3 rings (SSSR count). The third kappa shape index (κ3) is 2.60. The summed E-state index contributed by atoms with van der Waals surface area (Å²) in [7, 11) is 1.65. The second-order valence-electron chi connectivity index (χ2n) is 4.39. The lowest BCUT2D eigenvalue weighted by Crippen LogP contribution is -2.00. The molecule has 0 radical (unpaired) electrons. The standard InChI is InChI=1S/C15H14ClNO3/c1-18-11-4-2-3-10(5-11)8-17-13-7-15-14(6-12(13)16)19-9-20-15/h2-7,17H,8-9H2,1H3. The molecule has 2 aromatic carbocycles. The minimum atomic E-state index is 0.241. The van der Waals surface area contributed by atoms with Gasteiger partial charge in [-0.25, -0.2) is 0 Å². The number of hydrogen-bond donors (Lipinski definition) is 1. The molecule has 5 heteroatoms. The average molecular weight is 292 g/mol. The molecule has 1 heterocycles. The summed E-state index contributed by atoms with van der Waals surface area (Å²) in [6, 6.07) is 11.5. The molecule has 104 valence electrons. The first kappa shape index (κ1) is 12.9. The Kier molecular flexibility index (Phi) is 3.56. The van der Waals surface area contributed by atoms with E-state index in [1.807, 2.05) is 30.3 Å². The number of halogens is 1. The van der Waals surface area contributed by atoms with Crippen molar-refractivity contribution in [1.82, 2.24) is 0 Å². The average Bonchev–Trinajstić information content (AvgIpc) is 2.92. The summed E-state index contributed by atoms with van der Waals surface area (Å²) >= 11 is 6.21. The van der Waals surface area contributed by atoms with Crippen LogP contribution in [-0.4, -0.2) is 13.9 Å². The molecule has 0 saturated heterocycles. The third-order valence-electron chi connectivity index (χ3n) is 3.08. The molecule has 0 amide bonds. The SMILES string of the molecule is COc1cccc(CNc2cc3c(cc2Cl)OCO3)c1. The molecule has 1 N–H and O–H groups in total. The number of benzene rings is 2. The number of rotatable bonds is 4. The fourth-order valence-corrected chi connectivity index (χ4v) is 2.25. The lowest BCUT2D eigenvalue weighted by Gasteiger charge is -2.10. The quantitative estimate of drug-likeness (QED) is 0.932. The number of methoxy groups -OCH3 is 1. The van der Waals surface area contributed by atoms with Crippen LogP contribution in [0.1, 0.15) is 5.56 Å². The predicted molar refractivity (Wildman–Crippen MR) is 77.9 cm³/mol. The molecule has 0 atom stereocenters. The smallest absolute Gasteiger partial charge is 0.231 e. The molecule has 0 saturated carbocycles. The van der Waals surface area contributed by atoms with Crippen LogP contribution in [0.2, 0.25) is 5.02 Å². The van der Waals surface area contributed by atoms with Gasteiger partial charge in [-0.3, -0.25) is 0 Å². The van der Waals surface area contributed by atoms with Crippen LogP contribution in [0.4, 0.5) is 5.69 Å². The van der Waals surface area contributed by atoms with E-state index in [1.165, 1.54) is 0 Å². The topological polar surface area (TPSA) is 39.7 Å². The van der Waals surface area contributed by atoms with Crippen molar-refractivity contribution < 1.29 is 14.2 Å². The Bertz CT molecular complexity index is 631. The van der Waals surface area contributed by atoms with Crippen LogP contribution in [-0.2, 0) is 6.54 Å². The van der Waals surface area contributed by atoms with Crippen molar-refractivity contribution >= 4 is 17.3 Å². The van der Waals surface area contributed by atoms with Crippen molar-refractivity contribution in [3.63, 3.8) is 0 Å². The Morgan fingerprint density at radius 1 is 1.20 bits per heavy atom. The van der Waals surface area contributed by atoms with Gasteiger partial charge in [-0.2, -0.15) is 0 Å². The number of ether oxygens (including phenoxy) is 3. The van der Waals surface area contributed by atoms with E-state index < -0.39 is 0 Å². The molecular formula is C15H14ClNO3. The van der Waals surface area contributed by atoms with Gasteiger partial charge in [-0.05, 0) is 17.7 Å². The highest BCUT2D eigenvalue weighted by Gasteiger charge is 2.16. The highest BCUT2D eigenvalue weighted by Crippen LogP contribution is 2.39. The first-order chi connectivity index (χ1) is 9.76. The second-order valence-corrected chi connectivity index (χ2v) is 4.80. The predicted octanol–water partition coefficient (Wildman–Crippen LogP) is 3.69. The third-order valence-corrected chi connectivity index (χ3v) is 3.39. The summed E-state index contributed by atoms with van der Waals surface area (Å²) in [5, 5.41) is 3.90. The molecular weight excluding hydrogens is 278 g/mol. The maximum atomic E-state index is 6.21. The van der Waals surface area contributed by atoms with Gasteiger partial charge in [0.2, 0.25) is 6.79 Å². The van der Waals surface area contributed by atoms with E-state index in [1.54, 1.807) is 13.2 Å². The van der Waals surface area contributed by atoms with Gasteiger partial charge in [0, 0.05) is 18.7 Å². The first-order valence-corrected chi connectivity index (χ1v) is 6.60. The maximum Gasteiger partial charge on any atom is 0.231 e. The Balaban J connectivity index is 1.75. The molecule has 0 unspecified atom stereocenters. The normalized spacial score (nSPS) is 12.3. The Morgan fingerprint density at radius 2 is 2.00 bits per heavy atom. The molecule has 4 nitrogen and oxygen atoms in total. The van der Waals surface area contributed by atoms with Crippen LogP contribution in [0.5, 0.6) is 17.2 Å². The molecule has 0 aliphatic carbocycles. The van der Waals surface area contributed by atoms with Crippen LogP contribution in [0.15, 0.2) is 36.4 Å². The highest BCUT2D eigenvalue weighted by molar-refractivity contribution is 6.33. The van der Waals surface area contributed by atoms with Gasteiger partial charge in [-0.15, -0.1) is 0 Å². The molecule has 2 aromatic rings. The Hall–Kier alpha value is -2.07. The van der Waals surface area contributed by atoms with Crippen molar-refractivity contribution in [1.29, 1.82) is 0 Å². The van der Waals surface area contributed by atoms with Crippen molar-refractivity contribution in [3.05, 3.63) is 47.0 Å². The number of nitrogens with one attached hydrogen (secondary N) is 1. The first-order valence-electron chi connectivity index (χ1n) is 6.22. The number of anilines is 1. The lowest BCUT2D eigenvalue weighted by molar-refractivity contribution is 0.174. The van der Waals surface area contributed by atoms with E-state index in [4.69, 9.17) is 25.8 Å². The molecule has 0 aromatic heterocycles. The van der Waals surface area contributed by atoms with Crippen molar-refractivity contribution in [3.8, 4) is 17.2 Å². The zero-order valence-electron chi connectivity index (χ0n) is 11.0. The minimum absolute atomic E-state index is 0.241. The largest absolute Gasteiger partial charge is 0.497 e. The summed E-state index contributed by atoms with van der Waals surface area (Å²) in [6.45, 7) is 0.890. The van der Waals surface area contributed by atoms with Crippen LogP contribution in [0, 0.1) is 0 Å². The zero-order valence-corrected chi connectivity index (χ0v) is 11.7. The fraction of sp³-hybridized carbons (Fsp3) is 0.200. The van der Waals surface area contributed by atoms with Gasteiger partial charge >= 0.3 is 0 Å². The summed E-state index contributed by atoms with van der Waals surface area (Å²) in [6.07, 6.45) is 0. The van der Waals surface area contributed by atoms with Gasteiger partial charge in [-0.1, -0.05) is 23.7 Å². The van der Waals surface area contributed by atoms with E-state index in [0.29, 0.717) is 23.1 Å². The van der Waals surface area contributed by atoms with Crippen LogP contribution in [0.3, 0.4) is 0 Å². The molecule has 0 bridgehead atoms.